The average Bonchev–Trinajstić information content (AvgIpc) is 3.05. The van der Waals surface area contributed by atoms with Gasteiger partial charge in [-0.15, -0.1) is 0 Å². The number of likely N-dealkylation sites (tertiary alicyclic amines) is 1. The number of aromatic nitrogens is 1. The van der Waals surface area contributed by atoms with Crippen LogP contribution in [0.25, 0.3) is 0 Å². The number of hydrogen-bond acceptors (Lipinski definition) is 3. The minimum Gasteiger partial charge on any atom is -0.488 e. The van der Waals surface area contributed by atoms with E-state index in [-0.39, 0.29) is 6.10 Å². The highest BCUT2D eigenvalue weighted by molar-refractivity contribution is 6.29. The summed E-state index contributed by atoms with van der Waals surface area (Å²) in [5.74, 6) is 2.02. The van der Waals surface area contributed by atoms with E-state index in [9.17, 15) is 0 Å². The van der Waals surface area contributed by atoms with Gasteiger partial charge in [-0.2, -0.15) is 0 Å². The number of halogens is 1. The summed E-state index contributed by atoms with van der Waals surface area (Å²) in [4.78, 5) is 6.88. The molecule has 2 atom stereocenters. The summed E-state index contributed by atoms with van der Waals surface area (Å²) < 4.78 is 6.45. The number of rotatable bonds is 7. The van der Waals surface area contributed by atoms with Crippen molar-refractivity contribution in [3.8, 4) is 5.75 Å². The fraction of sp³-hybridized carbons (Fsp3) is 0.500. The Bertz CT molecular complexity index is 705. The second kappa shape index (κ2) is 8.88. The number of benzene rings is 1. The maximum absolute atomic E-state index is 6.45. The van der Waals surface area contributed by atoms with Gasteiger partial charge in [-0.3, -0.25) is 4.90 Å². The molecule has 1 aliphatic heterocycles. The van der Waals surface area contributed by atoms with Gasteiger partial charge in [0.1, 0.15) is 17.0 Å². The molecule has 0 N–H and O–H groups in total. The van der Waals surface area contributed by atoms with Crippen LogP contribution in [-0.2, 0) is 6.54 Å². The van der Waals surface area contributed by atoms with Gasteiger partial charge in [0.25, 0.3) is 0 Å². The third-order valence-electron chi connectivity index (χ3n) is 5.07. The average molecular weight is 373 g/mol. The zero-order valence-corrected chi connectivity index (χ0v) is 16.7. The summed E-state index contributed by atoms with van der Waals surface area (Å²) >= 11 is 5.99. The Kier molecular flexibility index (Phi) is 6.55. The Morgan fingerprint density at radius 3 is 2.65 bits per heavy atom. The highest BCUT2D eigenvalue weighted by Gasteiger charge is 2.31. The van der Waals surface area contributed by atoms with Crippen molar-refractivity contribution in [2.24, 2.45) is 11.8 Å². The van der Waals surface area contributed by atoms with Crippen LogP contribution in [0.5, 0.6) is 5.75 Å². The van der Waals surface area contributed by atoms with E-state index in [1.54, 1.807) is 0 Å². The maximum atomic E-state index is 6.45. The second-order valence-corrected chi connectivity index (χ2v) is 8.16. The summed E-state index contributed by atoms with van der Waals surface area (Å²) in [6, 6.07) is 14.5. The van der Waals surface area contributed by atoms with Crippen LogP contribution in [0.15, 0.2) is 42.5 Å². The van der Waals surface area contributed by atoms with Crippen LogP contribution < -0.4 is 4.74 Å². The molecule has 3 nitrogen and oxygen atoms in total. The molecular weight excluding hydrogens is 344 g/mol. The molecule has 0 radical (unpaired) electrons. The molecule has 1 aromatic carbocycles. The van der Waals surface area contributed by atoms with E-state index < -0.39 is 0 Å². The zero-order chi connectivity index (χ0) is 18.5. The quantitative estimate of drug-likeness (QED) is 0.612. The number of nitrogens with zero attached hydrogens (tertiary/aromatic N) is 2. The van der Waals surface area contributed by atoms with Crippen LogP contribution in [0.1, 0.15) is 37.9 Å². The van der Waals surface area contributed by atoms with E-state index in [0.29, 0.717) is 17.0 Å². The molecule has 2 aromatic rings. The first-order valence-corrected chi connectivity index (χ1v) is 9.95. The summed E-state index contributed by atoms with van der Waals surface area (Å²) in [6.45, 7) is 9.74. The van der Waals surface area contributed by atoms with Crippen LogP contribution in [0.4, 0.5) is 0 Å². The molecule has 0 bridgehead atoms. The molecule has 4 heteroatoms. The summed E-state index contributed by atoms with van der Waals surface area (Å²) in [5, 5.41) is 0.519. The van der Waals surface area contributed by atoms with Gasteiger partial charge < -0.3 is 4.74 Å². The SMILES string of the molecule is Cc1nc(Cl)ccc1O[C@@H](CC(C)C)C1CCN(Cc2ccccc2)C1. The van der Waals surface area contributed by atoms with Gasteiger partial charge >= 0.3 is 0 Å². The summed E-state index contributed by atoms with van der Waals surface area (Å²) in [7, 11) is 0. The molecular formula is C22H29ClN2O. The molecule has 26 heavy (non-hydrogen) atoms. The van der Waals surface area contributed by atoms with Crippen molar-refractivity contribution >= 4 is 11.6 Å². The lowest BCUT2D eigenvalue weighted by molar-refractivity contribution is 0.111. The smallest absolute Gasteiger partial charge is 0.141 e. The second-order valence-electron chi connectivity index (χ2n) is 7.77. The topological polar surface area (TPSA) is 25.4 Å². The Labute approximate surface area is 162 Å². The van der Waals surface area contributed by atoms with Gasteiger partial charge in [-0.25, -0.2) is 4.98 Å². The Balaban J connectivity index is 1.66. The van der Waals surface area contributed by atoms with Gasteiger partial charge in [0, 0.05) is 19.0 Å². The first kappa shape index (κ1) is 19.2. The van der Waals surface area contributed by atoms with E-state index >= 15 is 0 Å². The molecule has 0 amide bonds. The third-order valence-corrected chi connectivity index (χ3v) is 5.28. The van der Waals surface area contributed by atoms with E-state index in [1.807, 2.05) is 19.1 Å². The molecule has 140 valence electrons. The Morgan fingerprint density at radius 2 is 1.96 bits per heavy atom. The summed E-state index contributed by atoms with van der Waals surface area (Å²) in [5.41, 5.74) is 2.25. The highest BCUT2D eigenvalue weighted by atomic mass is 35.5. The zero-order valence-electron chi connectivity index (χ0n) is 16.0. The van der Waals surface area contributed by atoms with Gasteiger partial charge in [-0.05, 0) is 49.9 Å². The van der Waals surface area contributed by atoms with Crippen molar-refractivity contribution in [1.29, 1.82) is 0 Å². The minimum atomic E-state index is 0.220. The van der Waals surface area contributed by atoms with Gasteiger partial charge in [0.15, 0.2) is 0 Å². The van der Waals surface area contributed by atoms with Gasteiger partial charge in [-0.1, -0.05) is 55.8 Å². The molecule has 1 saturated heterocycles. The van der Waals surface area contributed by atoms with E-state index in [1.165, 1.54) is 12.0 Å². The predicted molar refractivity (Wildman–Crippen MR) is 108 cm³/mol. The minimum absolute atomic E-state index is 0.220. The van der Waals surface area contributed by atoms with Crippen LogP contribution in [0, 0.1) is 18.8 Å². The summed E-state index contributed by atoms with van der Waals surface area (Å²) in [6.07, 6.45) is 2.47. The Hall–Kier alpha value is -1.58. The van der Waals surface area contributed by atoms with Gasteiger partial charge in [0.05, 0.1) is 5.69 Å². The van der Waals surface area contributed by atoms with Crippen LogP contribution in [-0.4, -0.2) is 29.1 Å². The van der Waals surface area contributed by atoms with Crippen molar-refractivity contribution < 1.29 is 4.74 Å². The predicted octanol–water partition coefficient (Wildman–Crippen LogP) is 5.36. The monoisotopic (exact) mass is 372 g/mol. The van der Waals surface area contributed by atoms with Crippen molar-refractivity contribution in [1.82, 2.24) is 9.88 Å². The molecule has 0 aliphatic carbocycles. The number of hydrogen-bond donors (Lipinski definition) is 0. The van der Waals surface area contributed by atoms with E-state index in [4.69, 9.17) is 16.3 Å². The molecule has 1 aromatic heterocycles. The number of aryl methyl sites for hydroxylation is 1. The number of ether oxygens (including phenoxy) is 1. The highest BCUT2D eigenvalue weighted by Crippen LogP contribution is 2.30. The molecule has 1 unspecified atom stereocenters. The van der Waals surface area contributed by atoms with Crippen molar-refractivity contribution in [3.05, 3.63) is 58.9 Å². The molecule has 3 rings (SSSR count). The molecule has 1 fully saturated rings. The van der Waals surface area contributed by atoms with Crippen molar-refractivity contribution in [2.75, 3.05) is 13.1 Å². The van der Waals surface area contributed by atoms with Crippen molar-refractivity contribution in [3.63, 3.8) is 0 Å². The molecule has 0 spiro atoms. The lowest BCUT2D eigenvalue weighted by Gasteiger charge is -2.27. The number of pyridine rings is 1. The normalized spacial score (nSPS) is 19.0. The third kappa shape index (κ3) is 5.21. The standard InChI is InChI=1S/C22H29ClN2O/c1-16(2)13-21(26-20-9-10-22(23)24-17(20)3)19-11-12-25(15-19)14-18-7-5-4-6-8-18/h4-10,16,19,21H,11-15H2,1-3H3/t19?,21-/m0/s1. The van der Waals surface area contributed by atoms with E-state index in [0.717, 1.165) is 37.5 Å². The molecule has 2 heterocycles. The largest absolute Gasteiger partial charge is 0.488 e. The lowest BCUT2D eigenvalue weighted by Crippen LogP contribution is -2.31. The van der Waals surface area contributed by atoms with Crippen molar-refractivity contribution in [2.45, 2.75) is 46.3 Å². The van der Waals surface area contributed by atoms with E-state index in [2.05, 4.69) is 54.1 Å². The Morgan fingerprint density at radius 1 is 1.19 bits per heavy atom. The molecule has 0 saturated carbocycles. The van der Waals surface area contributed by atoms with Crippen LogP contribution >= 0.6 is 11.6 Å². The van der Waals surface area contributed by atoms with Crippen LogP contribution in [0.3, 0.4) is 0 Å². The first-order chi connectivity index (χ1) is 12.5. The maximum Gasteiger partial charge on any atom is 0.141 e. The van der Waals surface area contributed by atoms with Crippen LogP contribution in [0.2, 0.25) is 5.15 Å². The molecule has 1 aliphatic rings. The van der Waals surface area contributed by atoms with Gasteiger partial charge in [0.2, 0.25) is 0 Å². The first-order valence-electron chi connectivity index (χ1n) is 9.57. The lowest BCUT2D eigenvalue weighted by atomic mass is 9.93. The fourth-order valence-corrected chi connectivity index (χ4v) is 3.95. The fourth-order valence-electron chi connectivity index (χ4n) is 3.76.